The van der Waals surface area contributed by atoms with E-state index in [4.69, 9.17) is 0 Å². The highest BCUT2D eigenvalue weighted by atomic mass is 127. The Morgan fingerprint density at radius 3 is 2.39 bits per heavy atom. The van der Waals surface area contributed by atoms with Crippen LogP contribution in [0.15, 0.2) is 22.5 Å². The van der Waals surface area contributed by atoms with Gasteiger partial charge in [-0.05, 0) is 32.2 Å². The molecule has 1 rings (SSSR count). The van der Waals surface area contributed by atoms with Gasteiger partial charge in [0, 0.05) is 51.7 Å². The van der Waals surface area contributed by atoms with E-state index in [1.807, 2.05) is 20.8 Å². The van der Waals surface area contributed by atoms with Crippen molar-refractivity contribution < 1.29 is 4.21 Å². The summed E-state index contributed by atoms with van der Waals surface area (Å²) in [6, 6.07) is 4.24. The van der Waals surface area contributed by atoms with E-state index in [1.165, 1.54) is 4.88 Å². The van der Waals surface area contributed by atoms with Gasteiger partial charge in [0.1, 0.15) is 0 Å². The maximum atomic E-state index is 12.0. The molecule has 0 saturated carbocycles. The molecular weight excluding hydrogens is 441 g/mol. The quantitative estimate of drug-likeness (QED) is 0.380. The molecular formula is C16H30IN3OS2. The molecule has 1 atom stereocenters. The first-order valence-electron chi connectivity index (χ1n) is 7.54. The van der Waals surface area contributed by atoms with Gasteiger partial charge in [0.05, 0.1) is 0 Å². The van der Waals surface area contributed by atoms with E-state index in [-0.39, 0.29) is 34.1 Å². The van der Waals surface area contributed by atoms with Crippen molar-refractivity contribution in [3.63, 3.8) is 0 Å². The van der Waals surface area contributed by atoms with E-state index in [0.717, 1.165) is 12.5 Å². The third kappa shape index (κ3) is 7.98. The van der Waals surface area contributed by atoms with Gasteiger partial charge in [-0.25, -0.2) is 0 Å². The number of aliphatic imine (C=N–C) groups is 1. The van der Waals surface area contributed by atoms with Crippen molar-refractivity contribution in [2.45, 2.75) is 44.8 Å². The molecule has 134 valence electrons. The Labute approximate surface area is 164 Å². The molecule has 1 heterocycles. The van der Waals surface area contributed by atoms with Crippen molar-refractivity contribution in [2.24, 2.45) is 4.99 Å². The summed E-state index contributed by atoms with van der Waals surface area (Å²) >= 11 is 1.77. The first-order chi connectivity index (χ1) is 10.2. The Morgan fingerprint density at radius 2 is 1.91 bits per heavy atom. The first-order valence-corrected chi connectivity index (χ1v) is 9.73. The van der Waals surface area contributed by atoms with Gasteiger partial charge in [0.15, 0.2) is 5.96 Å². The molecule has 1 unspecified atom stereocenters. The van der Waals surface area contributed by atoms with E-state index in [2.05, 4.69) is 47.0 Å². The van der Waals surface area contributed by atoms with Gasteiger partial charge in [-0.15, -0.1) is 35.3 Å². The van der Waals surface area contributed by atoms with E-state index in [9.17, 15) is 4.21 Å². The predicted octanol–water partition coefficient (Wildman–Crippen LogP) is 3.36. The van der Waals surface area contributed by atoms with Crippen LogP contribution in [-0.2, 0) is 16.2 Å². The zero-order valence-electron chi connectivity index (χ0n) is 14.9. The Balaban J connectivity index is 0.00000484. The number of hydrogen-bond acceptors (Lipinski definition) is 3. The lowest BCUT2D eigenvalue weighted by Crippen LogP contribution is -2.44. The molecule has 0 fully saturated rings. The fourth-order valence-corrected chi connectivity index (χ4v) is 3.60. The summed E-state index contributed by atoms with van der Waals surface area (Å²) in [5.41, 5.74) is 0.0556. The zero-order valence-corrected chi connectivity index (χ0v) is 18.9. The molecule has 0 aromatic carbocycles. The summed E-state index contributed by atoms with van der Waals surface area (Å²) < 4.78 is 11.9. The SMILES string of the molecule is CN=C(NCCS(=O)C(C)(C)C)NCC(C)(C)c1cccs1.I. The van der Waals surface area contributed by atoms with Crippen LogP contribution < -0.4 is 10.6 Å². The summed E-state index contributed by atoms with van der Waals surface area (Å²) in [5, 5.41) is 8.70. The molecule has 0 aliphatic heterocycles. The van der Waals surface area contributed by atoms with Gasteiger partial charge in [0.25, 0.3) is 0 Å². The zero-order chi connectivity index (χ0) is 16.8. The normalized spacial score (nSPS) is 14.1. The maximum absolute atomic E-state index is 12.0. The molecule has 0 radical (unpaired) electrons. The van der Waals surface area contributed by atoms with Crippen molar-refractivity contribution in [2.75, 3.05) is 25.9 Å². The third-order valence-corrected chi connectivity index (χ3v) is 6.55. The van der Waals surface area contributed by atoms with E-state index < -0.39 is 10.8 Å². The van der Waals surface area contributed by atoms with Gasteiger partial charge >= 0.3 is 0 Å². The molecule has 0 amide bonds. The Morgan fingerprint density at radius 1 is 1.26 bits per heavy atom. The summed E-state index contributed by atoms with van der Waals surface area (Å²) in [6.07, 6.45) is 0. The summed E-state index contributed by atoms with van der Waals surface area (Å²) in [4.78, 5) is 5.58. The second-order valence-electron chi connectivity index (χ2n) is 6.88. The molecule has 1 aromatic rings. The highest BCUT2D eigenvalue weighted by Crippen LogP contribution is 2.26. The highest BCUT2D eigenvalue weighted by Gasteiger charge is 2.22. The van der Waals surface area contributed by atoms with Crippen molar-refractivity contribution in [1.82, 2.24) is 10.6 Å². The minimum Gasteiger partial charge on any atom is -0.356 e. The average molecular weight is 471 g/mol. The number of halogens is 1. The molecule has 0 aliphatic rings. The van der Waals surface area contributed by atoms with Gasteiger partial charge < -0.3 is 10.6 Å². The van der Waals surface area contributed by atoms with E-state index in [1.54, 1.807) is 18.4 Å². The van der Waals surface area contributed by atoms with Gasteiger partial charge in [-0.2, -0.15) is 0 Å². The van der Waals surface area contributed by atoms with Crippen LogP contribution in [0.4, 0.5) is 0 Å². The van der Waals surface area contributed by atoms with Crippen LogP contribution in [0.25, 0.3) is 0 Å². The largest absolute Gasteiger partial charge is 0.356 e. The minimum atomic E-state index is -0.845. The first kappa shape index (κ1) is 22.9. The topological polar surface area (TPSA) is 53.5 Å². The summed E-state index contributed by atoms with van der Waals surface area (Å²) in [6.45, 7) is 11.9. The van der Waals surface area contributed by atoms with Crippen molar-refractivity contribution in [3.05, 3.63) is 22.4 Å². The number of thiophene rings is 1. The van der Waals surface area contributed by atoms with Crippen LogP contribution in [0, 0.1) is 0 Å². The van der Waals surface area contributed by atoms with E-state index in [0.29, 0.717) is 12.3 Å². The monoisotopic (exact) mass is 471 g/mol. The fourth-order valence-electron chi connectivity index (χ4n) is 1.84. The lowest BCUT2D eigenvalue weighted by molar-refractivity contribution is 0.519. The van der Waals surface area contributed by atoms with Crippen LogP contribution in [0.5, 0.6) is 0 Å². The van der Waals surface area contributed by atoms with Crippen molar-refractivity contribution in [3.8, 4) is 0 Å². The van der Waals surface area contributed by atoms with Crippen LogP contribution in [0.2, 0.25) is 0 Å². The van der Waals surface area contributed by atoms with Crippen LogP contribution in [-0.4, -0.2) is 40.8 Å². The Hall–Kier alpha value is -0.150. The predicted molar refractivity (Wildman–Crippen MR) is 115 cm³/mol. The maximum Gasteiger partial charge on any atom is 0.191 e. The number of guanidine groups is 1. The average Bonchev–Trinajstić information content (AvgIpc) is 2.96. The van der Waals surface area contributed by atoms with Crippen molar-refractivity contribution in [1.29, 1.82) is 0 Å². The summed E-state index contributed by atoms with van der Waals surface area (Å²) in [7, 11) is 0.913. The Bertz CT molecular complexity index is 508. The van der Waals surface area contributed by atoms with E-state index >= 15 is 0 Å². The second kappa shape index (κ2) is 9.98. The number of rotatable bonds is 6. The van der Waals surface area contributed by atoms with Gasteiger partial charge in [0.2, 0.25) is 0 Å². The molecule has 4 nitrogen and oxygen atoms in total. The smallest absolute Gasteiger partial charge is 0.191 e. The summed E-state index contributed by atoms with van der Waals surface area (Å²) in [5.74, 6) is 1.38. The second-order valence-corrected chi connectivity index (χ2v) is 10.1. The van der Waals surface area contributed by atoms with Crippen molar-refractivity contribution >= 4 is 52.1 Å². The lowest BCUT2D eigenvalue weighted by atomic mass is 9.91. The lowest BCUT2D eigenvalue weighted by Gasteiger charge is -2.25. The molecule has 23 heavy (non-hydrogen) atoms. The standard InChI is InChI=1S/C16H29N3OS2.HI/c1-15(2,3)22(20)11-9-18-14(17-6)19-12-16(4,5)13-8-7-10-21-13;/h7-8,10H,9,11-12H2,1-6H3,(H2,17,18,19);1H. The minimum absolute atomic E-state index is 0. The molecule has 7 heteroatoms. The molecule has 1 aromatic heterocycles. The fraction of sp³-hybridized carbons (Fsp3) is 0.688. The molecule has 2 N–H and O–H groups in total. The Kier molecular flexibility index (Phi) is 9.92. The highest BCUT2D eigenvalue weighted by molar-refractivity contribution is 14.0. The van der Waals surface area contributed by atoms with Crippen LogP contribution in [0.3, 0.4) is 0 Å². The third-order valence-electron chi connectivity index (χ3n) is 3.37. The van der Waals surface area contributed by atoms with Gasteiger partial charge in [-0.3, -0.25) is 9.20 Å². The molecule has 0 aliphatic carbocycles. The van der Waals surface area contributed by atoms with Crippen LogP contribution in [0.1, 0.15) is 39.5 Å². The van der Waals surface area contributed by atoms with Crippen LogP contribution >= 0.6 is 35.3 Å². The number of nitrogens with one attached hydrogen (secondary N) is 2. The number of hydrogen-bond donors (Lipinski definition) is 2. The molecule has 0 saturated heterocycles. The molecule has 0 spiro atoms. The molecule has 0 bridgehead atoms. The number of nitrogens with zero attached hydrogens (tertiary/aromatic N) is 1. The van der Waals surface area contributed by atoms with Gasteiger partial charge in [-0.1, -0.05) is 19.9 Å².